The van der Waals surface area contributed by atoms with Crippen LogP contribution < -0.4 is 20.9 Å². The van der Waals surface area contributed by atoms with Gasteiger partial charge < -0.3 is 20.9 Å². The van der Waals surface area contributed by atoms with Crippen molar-refractivity contribution in [3.63, 3.8) is 0 Å². The van der Waals surface area contributed by atoms with Gasteiger partial charge >= 0.3 is 0 Å². The van der Waals surface area contributed by atoms with E-state index >= 15 is 0 Å². The van der Waals surface area contributed by atoms with Crippen molar-refractivity contribution in [2.75, 3.05) is 13.2 Å². The van der Waals surface area contributed by atoms with E-state index in [9.17, 15) is 0 Å². The molecule has 0 spiro atoms. The second-order valence-corrected chi connectivity index (χ2v) is 5.54. The monoisotopic (exact) mass is 344 g/mol. The quantitative estimate of drug-likeness (QED) is 0.558. The number of rotatable bonds is 2. The number of nitrogens with two attached hydrogens (primary N) is 2. The fraction of sp³-hybridized carbons (Fsp3) is 0.273. The number of aliphatic imine (C=N–C) groups is 1. The molecular formula is C11H13BrN4O2S. The Balaban J connectivity index is 2.08. The summed E-state index contributed by atoms with van der Waals surface area (Å²) < 4.78 is 11.9. The van der Waals surface area contributed by atoms with E-state index in [0.717, 1.165) is 21.5 Å². The van der Waals surface area contributed by atoms with E-state index < -0.39 is 0 Å². The van der Waals surface area contributed by atoms with Crippen molar-refractivity contribution in [2.24, 2.45) is 16.5 Å². The van der Waals surface area contributed by atoms with Crippen molar-refractivity contribution < 1.29 is 9.47 Å². The lowest BCUT2D eigenvalue weighted by molar-refractivity contribution is 0.171. The normalized spacial score (nSPS) is 12.9. The van der Waals surface area contributed by atoms with E-state index in [1.54, 1.807) is 0 Å². The van der Waals surface area contributed by atoms with Gasteiger partial charge in [-0.15, -0.1) is 0 Å². The summed E-state index contributed by atoms with van der Waals surface area (Å²) in [7, 11) is 0. The van der Waals surface area contributed by atoms with Crippen LogP contribution in [0.3, 0.4) is 0 Å². The van der Waals surface area contributed by atoms with E-state index in [1.807, 2.05) is 12.1 Å². The third kappa shape index (κ3) is 3.77. The molecule has 1 heterocycles. The van der Waals surface area contributed by atoms with E-state index in [0.29, 0.717) is 19.0 Å². The fourth-order valence-corrected chi connectivity index (χ4v) is 2.86. The standard InChI is InChI=1S/C11H13BrN4O2S/c12-7-4-9-8(17-1-2-18-9)3-6(7)5-19-11(15)16-10(13)14/h3-4H,1-2,5H2,(H5,13,14,15,16). The molecule has 1 aromatic rings. The van der Waals surface area contributed by atoms with Crippen molar-refractivity contribution in [1.82, 2.24) is 0 Å². The number of amidine groups is 1. The minimum absolute atomic E-state index is 0.0711. The van der Waals surface area contributed by atoms with Crippen molar-refractivity contribution in [1.29, 1.82) is 5.41 Å². The predicted octanol–water partition coefficient (Wildman–Crippen LogP) is 1.66. The zero-order valence-electron chi connectivity index (χ0n) is 9.98. The topological polar surface area (TPSA) is 107 Å². The molecule has 0 saturated carbocycles. The number of fused-ring (bicyclic) bond motifs is 1. The number of guanidine groups is 1. The lowest BCUT2D eigenvalue weighted by Gasteiger charge is -2.19. The molecule has 6 nitrogen and oxygen atoms in total. The molecule has 1 aromatic carbocycles. The van der Waals surface area contributed by atoms with Gasteiger partial charge in [-0.3, -0.25) is 5.41 Å². The summed E-state index contributed by atoms with van der Waals surface area (Å²) in [6, 6.07) is 3.77. The Morgan fingerprint density at radius 3 is 2.58 bits per heavy atom. The van der Waals surface area contributed by atoms with Gasteiger partial charge in [-0.1, -0.05) is 27.7 Å². The summed E-state index contributed by atoms with van der Waals surface area (Å²) >= 11 is 4.70. The molecule has 5 N–H and O–H groups in total. The molecule has 19 heavy (non-hydrogen) atoms. The average molecular weight is 345 g/mol. The molecule has 8 heteroatoms. The Morgan fingerprint density at radius 1 is 1.32 bits per heavy atom. The van der Waals surface area contributed by atoms with Crippen LogP contribution in [0.15, 0.2) is 21.6 Å². The maximum absolute atomic E-state index is 7.57. The lowest BCUT2D eigenvalue weighted by Crippen LogP contribution is -2.23. The Bertz CT molecular complexity index is 532. The maximum atomic E-state index is 7.57. The van der Waals surface area contributed by atoms with Gasteiger partial charge in [-0.05, 0) is 17.7 Å². The molecule has 0 bridgehead atoms. The zero-order valence-corrected chi connectivity index (χ0v) is 12.4. The second-order valence-electron chi connectivity index (χ2n) is 3.72. The molecule has 2 rings (SSSR count). The number of halogens is 1. The maximum Gasteiger partial charge on any atom is 0.193 e. The van der Waals surface area contributed by atoms with Crippen LogP contribution in [-0.2, 0) is 5.75 Å². The summed E-state index contributed by atoms with van der Waals surface area (Å²) in [5, 5.41) is 7.64. The largest absolute Gasteiger partial charge is 0.486 e. The number of ether oxygens (including phenoxy) is 2. The number of benzene rings is 1. The third-order valence-electron chi connectivity index (χ3n) is 2.31. The van der Waals surface area contributed by atoms with Gasteiger partial charge in [-0.2, -0.15) is 4.99 Å². The van der Waals surface area contributed by atoms with Crippen molar-refractivity contribution >= 4 is 38.8 Å². The highest BCUT2D eigenvalue weighted by molar-refractivity contribution is 9.10. The molecular weight excluding hydrogens is 332 g/mol. The average Bonchev–Trinajstić information content (AvgIpc) is 2.35. The van der Waals surface area contributed by atoms with Crippen LogP contribution in [0, 0.1) is 5.41 Å². The van der Waals surface area contributed by atoms with E-state index in [-0.39, 0.29) is 11.1 Å². The van der Waals surface area contributed by atoms with Crippen LogP contribution in [0.1, 0.15) is 5.56 Å². The van der Waals surface area contributed by atoms with Gasteiger partial charge in [0.15, 0.2) is 22.6 Å². The van der Waals surface area contributed by atoms with Crippen molar-refractivity contribution in [2.45, 2.75) is 5.75 Å². The first-order valence-electron chi connectivity index (χ1n) is 5.45. The minimum Gasteiger partial charge on any atom is -0.486 e. The van der Waals surface area contributed by atoms with Crippen LogP contribution in [0.5, 0.6) is 11.5 Å². The molecule has 0 aromatic heterocycles. The highest BCUT2D eigenvalue weighted by atomic mass is 79.9. The third-order valence-corrected chi connectivity index (χ3v) is 3.86. The van der Waals surface area contributed by atoms with E-state index in [1.165, 1.54) is 11.8 Å². The molecule has 0 unspecified atom stereocenters. The SMILES string of the molecule is N=C(N=C(N)N)SCc1cc2c(cc1Br)OCCO2. The number of hydrogen-bond donors (Lipinski definition) is 3. The minimum atomic E-state index is -0.112. The summed E-state index contributed by atoms with van der Waals surface area (Å²) in [4.78, 5) is 3.66. The van der Waals surface area contributed by atoms with Gasteiger partial charge in [0.2, 0.25) is 0 Å². The first-order valence-corrected chi connectivity index (χ1v) is 7.23. The summed E-state index contributed by atoms with van der Waals surface area (Å²) in [5.41, 5.74) is 11.4. The van der Waals surface area contributed by atoms with E-state index in [2.05, 4.69) is 20.9 Å². The van der Waals surface area contributed by atoms with Gasteiger partial charge in [0.1, 0.15) is 13.2 Å². The first-order chi connectivity index (χ1) is 9.06. The van der Waals surface area contributed by atoms with Crippen LogP contribution in [0.4, 0.5) is 0 Å². The highest BCUT2D eigenvalue weighted by Crippen LogP contribution is 2.36. The molecule has 0 atom stereocenters. The lowest BCUT2D eigenvalue weighted by atomic mass is 10.2. The Kier molecular flexibility index (Phi) is 4.54. The molecule has 0 fully saturated rings. The Labute approximate surface area is 123 Å². The van der Waals surface area contributed by atoms with Crippen molar-refractivity contribution in [3.8, 4) is 11.5 Å². The molecule has 0 amide bonds. The molecule has 0 radical (unpaired) electrons. The smallest absolute Gasteiger partial charge is 0.193 e. The zero-order chi connectivity index (χ0) is 13.8. The Hall–Kier alpha value is -1.41. The number of hydrogen-bond acceptors (Lipinski definition) is 4. The first kappa shape index (κ1) is 14.0. The molecule has 102 valence electrons. The van der Waals surface area contributed by atoms with Crippen LogP contribution in [0.25, 0.3) is 0 Å². The summed E-state index contributed by atoms with van der Waals surface area (Å²) in [6.45, 7) is 1.10. The van der Waals surface area contributed by atoms with Crippen molar-refractivity contribution in [3.05, 3.63) is 22.2 Å². The van der Waals surface area contributed by atoms with Crippen LogP contribution >= 0.6 is 27.7 Å². The summed E-state index contributed by atoms with van der Waals surface area (Å²) in [6.07, 6.45) is 0. The van der Waals surface area contributed by atoms with Gasteiger partial charge in [-0.25, -0.2) is 0 Å². The molecule has 0 saturated heterocycles. The molecule has 1 aliphatic heterocycles. The van der Waals surface area contributed by atoms with Gasteiger partial charge in [0.25, 0.3) is 0 Å². The van der Waals surface area contributed by atoms with Crippen LogP contribution in [0.2, 0.25) is 0 Å². The second kappa shape index (κ2) is 6.16. The van der Waals surface area contributed by atoms with Gasteiger partial charge in [0.05, 0.1) is 0 Å². The highest BCUT2D eigenvalue weighted by Gasteiger charge is 2.15. The van der Waals surface area contributed by atoms with E-state index in [4.69, 9.17) is 26.4 Å². The predicted molar refractivity (Wildman–Crippen MR) is 80.0 cm³/mol. The number of thioether (sulfide) groups is 1. The number of nitrogens with zero attached hydrogens (tertiary/aromatic N) is 1. The molecule has 1 aliphatic rings. The summed E-state index contributed by atoms with van der Waals surface area (Å²) in [5.74, 6) is 1.90. The molecule has 0 aliphatic carbocycles. The Morgan fingerprint density at radius 2 is 1.95 bits per heavy atom. The van der Waals surface area contributed by atoms with Gasteiger partial charge in [0, 0.05) is 10.2 Å². The number of nitrogens with one attached hydrogen (secondary N) is 1. The van der Waals surface area contributed by atoms with Crippen LogP contribution in [-0.4, -0.2) is 24.3 Å². The fourth-order valence-electron chi connectivity index (χ4n) is 1.51.